The Morgan fingerprint density at radius 3 is 2.38 bits per heavy atom. The molecular formula is C11H16FNO2S. The Kier molecular flexibility index (Phi) is 4.44. The molecule has 16 heavy (non-hydrogen) atoms. The van der Waals surface area contributed by atoms with Gasteiger partial charge in [0.25, 0.3) is 0 Å². The number of hydrogen-bond acceptors (Lipinski definition) is 3. The molecule has 0 spiro atoms. The number of sulfone groups is 1. The molecule has 0 aliphatic rings. The van der Waals surface area contributed by atoms with Crippen LogP contribution in [0.15, 0.2) is 29.2 Å². The predicted molar refractivity (Wildman–Crippen MR) is 61.3 cm³/mol. The summed E-state index contributed by atoms with van der Waals surface area (Å²) >= 11 is 0. The topological polar surface area (TPSA) is 60.2 Å². The molecule has 90 valence electrons. The average Bonchev–Trinajstić information content (AvgIpc) is 2.17. The first-order valence-electron chi connectivity index (χ1n) is 5.19. The van der Waals surface area contributed by atoms with E-state index in [4.69, 9.17) is 5.73 Å². The van der Waals surface area contributed by atoms with Crippen molar-refractivity contribution in [2.75, 3.05) is 5.75 Å². The number of rotatable bonds is 5. The van der Waals surface area contributed by atoms with Crippen molar-refractivity contribution in [1.29, 1.82) is 0 Å². The van der Waals surface area contributed by atoms with Crippen LogP contribution in [0.25, 0.3) is 0 Å². The van der Waals surface area contributed by atoms with E-state index < -0.39 is 15.7 Å². The van der Waals surface area contributed by atoms with Gasteiger partial charge in [0.15, 0.2) is 9.84 Å². The van der Waals surface area contributed by atoms with Crippen LogP contribution >= 0.6 is 0 Å². The van der Waals surface area contributed by atoms with Crippen molar-refractivity contribution in [3.63, 3.8) is 0 Å². The molecule has 1 unspecified atom stereocenters. The molecule has 1 rings (SSSR count). The fourth-order valence-corrected chi connectivity index (χ4v) is 2.95. The Labute approximate surface area is 95.4 Å². The van der Waals surface area contributed by atoms with Crippen LogP contribution in [0, 0.1) is 5.82 Å². The van der Waals surface area contributed by atoms with Gasteiger partial charge in [-0.1, -0.05) is 13.3 Å². The Hall–Kier alpha value is -0.940. The lowest BCUT2D eigenvalue weighted by molar-refractivity contribution is 0.576. The Morgan fingerprint density at radius 1 is 1.31 bits per heavy atom. The number of halogens is 1. The lowest BCUT2D eigenvalue weighted by Crippen LogP contribution is -2.29. The first kappa shape index (κ1) is 13.1. The molecule has 3 nitrogen and oxygen atoms in total. The number of benzene rings is 1. The highest BCUT2D eigenvalue weighted by Crippen LogP contribution is 2.13. The summed E-state index contributed by atoms with van der Waals surface area (Å²) in [6.45, 7) is 1.95. The van der Waals surface area contributed by atoms with Crippen molar-refractivity contribution < 1.29 is 12.8 Å². The number of hydrogen-bond donors (Lipinski definition) is 1. The Balaban J connectivity index is 2.82. The summed E-state index contributed by atoms with van der Waals surface area (Å²) in [5.41, 5.74) is 5.68. The standard InChI is InChI=1S/C11H16FNO2S/c1-2-3-10(13)8-16(14,15)11-6-4-9(12)5-7-11/h4-7,10H,2-3,8,13H2,1H3. The Bertz CT molecular complexity index is 428. The Morgan fingerprint density at radius 2 is 1.88 bits per heavy atom. The lowest BCUT2D eigenvalue weighted by Gasteiger charge is -2.10. The van der Waals surface area contributed by atoms with Crippen molar-refractivity contribution >= 4 is 9.84 Å². The molecule has 0 aromatic heterocycles. The van der Waals surface area contributed by atoms with Gasteiger partial charge in [-0.15, -0.1) is 0 Å². The van der Waals surface area contributed by atoms with Crippen molar-refractivity contribution in [3.05, 3.63) is 30.1 Å². The third-order valence-corrected chi connectivity index (χ3v) is 4.12. The van der Waals surface area contributed by atoms with E-state index in [0.717, 1.165) is 18.6 Å². The first-order valence-corrected chi connectivity index (χ1v) is 6.85. The molecule has 0 heterocycles. The molecule has 0 bridgehead atoms. The van der Waals surface area contributed by atoms with Gasteiger partial charge in [-0.2, -0.15) is 0 Å². The molecule has 1 atom stereocenters. The van der Waals surface area contributed by atoms with E-state index in [-0.39, 0.29) is 16.7 Å². The predicted octanol–water partition coefficient (Wildman–Crippen LogP) is 1.73. The highest BCUT2D eigenvalue weighted by Gasteiger charge is 2.18. The molecule has 1 aromatic rings. The molecule has 0 radical (unpaired) electrons. The molecule has 0 fully saturated rings. The molecule has 0 saturated heterocycles. The van der Waals surface area contributed by atoms with Crippen molar-refractivity contribution in [2.45, 2.75) is 30.7 Å². The van der Waals surface area contributed by atoms with Crippen LogP contribution in [0.5, 0.6) is 0 Å². The molecule has 0 amide bonds. The van der Waals surface area contributed by atoms with Gasteiger partial charge in [-0.25, -0.2) is 12.8 Å². The average molecular weight is 245 g/mol. The van der Waals surface area contributed by atoms with E-state index in [1.165, 1.54) is 12.1 Å². The van der Waals surface area contributed by atoms with Crippen molar-refractivity contribution in [2.24, 2.45) is 5.73 Å². The molecule has 0 aliphatic heterocycles. The van der Waals surface area contributed by atoms with E-state index >= 15 is 0 Å². The maximum absolute atomic E-state index is 12.6. The van der Waals surface area contributed by atoms with Gasteiger partial charge in [0.05, 0.1) is 10.6 Å². The minimum absolute atomic E-state index is 0.0908. The normalized spacial score (nSPS) is 13.7. The monoisotopic (exact) mass is 245 g/mol. The van der Waals surface area contributed by atoms with Gasteiger partial charge in [0, 0.05) is 6.04 Å². The summed E-state index contributed by atoms with van der Waals surface area (Å²) in [7, 11) is -3.39. The second-order valence-corrected chi connectivity index (χ2v) is 5.82. The number of nitrogens with two attached hydrogens (primary N) is 1. The lowest BCUT2D eigenvalue weighted by atomic mass is 10.2. The van der Waals surface area contributed by atoms with E-state index in [1.54, 1.807) is 0 Å². The van der Waals surface area contributed by atoms with Gasteiger partial charge in [-0.3, -0.25) is 0 Å². The van der Waals surface area contributed by atoms with Crippen LogP contribution in [0.2, 0.25) is 0 Å². The van der Waals surface area contributed by atoms with Crippen LogP contribution < -0.4 is 5.73 Å². The van der Waals surface area contributed by atoms with Crippen LogP contribution in [0.3, 0.4) is 0 Å². The second-order valence-electron chi connectivity index (χ2n) is 3.78. The summed E-state index contributed by atoms with van der Waals surface area (Å²) in [4.78, 5) is 0.125. The molecule has 5 heteroatoms. The maximum Gasteiger partial charge on any atom is 0.179 e. The maximum atomic E-state index is 12.6. The van der Waals surface area contributed by atoms with E-state index in [9.17, 15) is 12.8 Å². The molecule has 0 saturated carbocycles. The summed E-state index contributed by atoms with van der Waals surface area (Å²) in [6.07, 6.45) is 1.51. The molecular weight excluding hydrogens is 229 g/mol. The molecule has 1 aromatic carbocycles. The fourth-order valence-electron chi connectivity index (χ4n) is 1.47. The summed E-state index contributed by atoms with van der Waals surface area (Å²) in [5.74, 6) is -0.538. The second kappa shape index (κ2) is 5.41. The zero-order chi connectivity index (χ0) is 12.2. The van der Waals surface area contributed by atoms with Crippen molar-refractivity contribution in [1.82, 2.24) is 0 Å². The molecule has 0 aliphatic carbocycles. The van der Waals surface area contributed by atoms with E-state index in [0.29, 0.717) is 6.42 Å². The smallest absolute Gasteiger partial charge is 0.179 e. The van der Waals surface area contributed by atoms with Crippen molar-refractivity contribution in [3.8, 4) is 0 Å². The van der Waals surface area contributed by atoms with Crippen LogP contribution in [0.4, 0.5) is 4.39 Å². The van der Waals surface area contributed by atoms with Crippen LogP contribution in [0.1, 0.15) is 19.8 Å². The third kappa shape index (κ3) is 3.57. The van der Waals surface area contributed by atoms with E-state index in [2.05, 4.69) is 0 Å². The highest BCUT2D eigenvalue weighted by molar-refractivity contribution is 7.91. The minimum Gasteiger partial charge on any atom is -0.327 e. The van der Waals surface area contributed by atoms with Gasteiger partial charge in [0.2, 0.25) is 0 Å². The first-order chi connectivity index (χ1) is 7.45. The summed E-state index contributed by atoms with van der Waals surface area (Å²) in [5, 5.41) is 0. The van der Waals surface area contributed by atoms with Crippen LogP contribution in [-0.2, 0) is 9.84 Å². The zero-order valence-corrected chi connectivity index (χ0v) is 10.0. The van der Waals surface area contributed by atoms with Gasteiger partial charge >= 0.3 is 0 Å². The third-order valence-electron chi connectivity index (χ3n) is 2.27. The van der Waals surface area contributed by atoms with E-state index in [1.807, 2.05) is 6.92 Å². The highest BCUT2D eigenvalue weighted by atomic mass is 32.2. The fraction of sp³-hybridized carbons (Fsp3) is 0.455. The quantitative estimate of drug-likeness (QED) is 0.804. The summed E-state index contributed by atoms with van der Waals surface area (Å²) in [6, 6.07) is 4.45. The minimum atomic E-state index is -3.39. The SMILES string of the molecule is CCCC(N)CS(=O)(=O)c1ccc(F)cc1. The zero-order valence-electron chi connectivity index (χ0n) is 9.19. The van der Waals surface area contributed by atoms with Gasteiger partial charge < -0.3 is 5.73 Å². The van der Waals surface area contributed by atoms with Gasteiger partial charge in [-0.05, 0) is 30.7 Å². The molecule has 2 N–H and O–H groups in total. The van der Waals surface area contributed by atoms with Gasteiger partial charge in [0.1, 0.15) is 5.82 Å². The van der Waals surface area contributed by atoms with Crippen LogP contribution in [-0.4, -0.2) is 20.2 Å². The summed E-state index contributed by atoms with van der Waals surface area (Å²) < 4.78 is 36.3. The largest absolute Gasteiger partial charge is 0.327 e.